The lowest BCUT2D eigenvalue weighted by atomic mass is 10.0. The van der Waals surface area contributed by atoms with E-state index in [-0.39, 0.29) is 0 Å². The van der Waals surface area contributed by atoms with Crippen LogP contribution in [0.25, 0.3) is 0 Å². The summed E-state index contributed by atoms with van der Waals surface area (Å²) < 4.78 is 26.3. The molecule has 2 rings (SSSR count). The summed E-state index contributed by atoms with van der Waals surface area (Å²) in [5.41, 5.74) is 0. The first kappa shape index (κ1) is 13.3. The van der Waals surface area contributed by atoms with Gasteiger partial charge >= 0.3 is 0 Å². The fraction of sp³-hybridized carbons (Fsp3) is 0.636. The maximum atomic E-state index is 12.4. The number of nitrogens with zero attached hydrogens (tertiary/aromatic N) is 1. The first-order chi connectivity index (χ1) is 8.04. The van der Waals surface area contributed by atoms with Gasteiger partial charge in [0.25, 0.3) is 0 Å². The normalized spacial score (nSPS) is 22.8. The summed E-state index contributed by atoms with van der Waals surface area (Å²) in [7, 11) is -3.30. The first-order valence-corrected chi connectivity index (χ1v) is 8.53. The number of hydrogen-bond acceptors (Lipinski definition) is 3. The lowest BCUT2D eigenvalue weighted by Gasteiger charge is -2.29. The van der Waals surface area contributed by atoms with E-state index in [1.54, 1.807) is 15.8 Å². The van der Waals surface area contributed by atoms with Crippen LogP contribution < -0.4 is 0 Å². The molecule has 1 fully saturated rings. The molecule has 1 unspecified atom stereocenters. The second kappa shape index (κ2) is 5.26. The molecule has 6 heteroatoms. The van der Waals surface area contributed by atoms with E-state index in [1.165, 1.54) is 11.3 Å². The van der Waals surface area contributed by atoms with Crippen LogP contribution in [0.3, 0.4) is 0 Å². The number of alkyl halides is 1. The zero-order valence-corrected chi connectivity index (χ0v) is 12.1. The predicted molar refractivity (Wildman–Crippen MR) is 71.0 cm³/mol. The molecule has 0 aromatic carbocycles. The van der Waals surface area contributed by atoms with Crippen molar-refractivity contribution >= 4 is 33.0 Å². The van der Waals surface area contributed by atoms with Crippen LogP contribution >= 0.6 is 22.9 Å². The lowest BCUT2D eigenvalue weighted by molar-refractivity contribution is 0.281. The van der Waals surface area contributed by atoms with Crippen LogP contribution in [0.15, 0.2) is 16.3 Å². The Kier molecular flexibility index (Phi) is 4.13. The lowest BCUT2D eigenvalue weighted by Crippen LogP contribution is -2.38. The molecule has 2 heterocycles. The fourth-order valence-corrected chi connectivity index (χ4v) is 5.05. The quantitative estimate of drug-likeness (QED) is 0.804. The van der Waals surface area contributed by atoms with Crippen molar-refractivity contribution < 1.29 is 8.42 Å². The summed E-state index contributed by atoms with van der Waals surface area (Å²) >= 11 is 7.10. The minimum absolute atomic E-state index is 0.372. The molecule has 1 aliphatic rings. The van der Waals surface area contributed by atoms with Crippen molar-refractivity contribution in [3.8, 4) is 0 Å². The van der Waals surface area contributed by atoms with Gasteiger partial charge < -0.3 is 0 Å². The smallest absolute Gasteiger partial charge is 0.207 e. The van der Waals surface area contributed by atoms with Crippen LogP contribution in [0.1, 0.15) is 24.6 Å². The molecule has 0 N–H and O–H groups in total. The predicted octanol–water partition coefficient (Wildman–Crippen LogP) is 2.91. The molecule has 0 bridgehead atoms. The summed E-state index contributed by atoms with van der Waals surface area (Å²) in [6.07, 6.45) is 2.06. The number of halogens is 1. The van der Waals surface area contributed by atoms with E-state index in [1.807, 2.05) is 0 Å². The summed E-state index contributed by atoms with van der Waals surface area (Å²) in [5.74, 6) is 0.820. The van der Waals surface area contributed by atoms with E-state index in [0.29, 0.717) is 29.8 Å². The van der Waals surface area contributed by atoms with E-state index in [9.17, 15) is 8.42 Å². The number of hydrogen-bond donors (Lipinski definition) is 0. The van der Waals surface area contributed by atoms with Crippen LogP contribution in [-0.4, -0.2) is 25.8 Å². The molecule has 0 aliphatic carbocycles. The van der Waals surface area contributed by atoms with E-state index < -0.39 is 10.0 Å². The largest absolute Gasteiger partial charge is 0.243 e. The van der Waals surface area contributed by atoms with Crippen molar-refractivity contribution in [1.29, 1.82) is 0 Å². The minimum atomic E-state index is -3.30. The Bertz CT molecular complexity index is 483. The van der Waals surface area contributed by atoms with Crippen LogP contribution in [0.4, 0.5) is 0 Å². The van der Waals surface area contributed by atoms with Crippen molar-refractivity contribution in [1.82, 2.24) is 4.31 Å². The van der Waals surface area contributed by atoms with Crippen LogP contribution in [0, 0.1) is 5.92 Å². The third kappa shape index (κ3) is 2.84. The van der Waals surface area contributed by atoms with Crippen molar-refractivity contribution in [3.63, 3.8) is 0 Å². The topological polar surface area (TPSA) is 37.4 Å². The molecule has 1 atom stereocenters. The molecule has 96 valence electrons. The van der Waals surface area contributed by atoms with Crippen LogP contribution in [0.5, 0.6) is 0 Å². The van der Waals surface area contributed by atoms with Crippen LogP contribution in [0.2, 0.25) is 0 Å². The molecule has 1 saturated heterocycles. The SMILES string of the molecule is CC1CCCN(S(=O)(=O)c2csc(CCl)c2)C1. The Labute approximate surface area is 111 Å². The van der Waals surface area contributed by atoms with Gasteiger partial charge in [-0.3, -0.25) is 0 Å². The van der Waals surface area contributed by atoms with Gasteiger partial charge in [-0.2, -0.15) is 4.31 Å². The summed E-state index contributed by atoms with van der Waals surface area (Å²) in [5, 5.41) is 1.69. The van der Waals surface area contributed by atoms with E-state index in [2.05, 4.69) is 6.92 Å². The van der Waals surface area contributed by atoms with Gasteiger partial charge in [-0.25, -0.2) is 8.42 Å². The van der Waals surface area contributed by atoms with Crippen molar-refractivity contribution in [2.75, 3.05) is 13.1 Å². The van der Waals surface area contributed by atoms with Crippen molar-refractivity contribution in [3.05, 3.63) is 16.3 Å². The highest BCUT2D eigenvalue weighted by molar-refractivity contribution is 7.89. The van der Waals surface area contributed by atoms with Gasteiger partial charge in [0.15, 0.2) is 0 Å². The third-order valence-corrected chi connectivity index (χ3v) is 6.39. The Balaban J connectivity index is 2.23. The third-order valence-electron chi connectivity index (χ3n) is 3.02. The number of thiophene rings is 1. The molecule has 3 nitrogen and oxygen atoms in total. The Hall–Kier alpha value is -0.100. The molecule has 0 radical (unpaired) electrons. The second-order valence-corrected chi connectivity index (χ2v) is 7.69. The average molecular weight is 294 g/mol. The van der Waals surface area contributed by atoms with Gasteiger partial charge in [0, 0.05) is 23.3 Å². The van der Waals surface area contributed by atoms with E-state index in [4.69, 9.17) is 11.6 Å². The molecule has 0 saturated carbocycles. The molecule has 0 amide bonds. The molecular formula is C11H16ClNO2S2. The Morgan fingerprint density at radius 2 is 2.35 bits per heavy atom. The standard InChI is InChI=1S/C11H16ClNO2S2/c1-9-3-2-4-13(7-9)17(14,15)11-5-10(6-12)16-8-11/h5,8-9H,2-4,6-7H2,1H3. The van der Waals surface area contributed by atoms with Crippen LogP contribution in [-0.2, 0) is 15.9 Å². The number of piperidine rings is 1. The zero-order valence-electron chi connectivity index (χ0n) is 9.73. The monoisotopic (exact) mass is 293 g/mol. The molecule has 1 aliphatic heterocycles. The van der Waals surface area contributed by atoms with Gasteiger partial charge in [0.05, 0.1) is 10.8 Å². The first-order valence-electron chi connectivity index (χ1n) is 5.67. The van der Waals surface area contributed by atoms with E-state index in [0.717, 1.165) is 17.7 Å². The fourth-order valence-electron chi connectivity index (χ4n) is 2.08. The van der Waals surface area contributed by atoms with Gasteiger partial charge in [0.1, 0.15) is 0 Å². The highest BCUT2D eigenvalue weighted by Crippen LogP contribution is 2.27. The van der Waals surface area contributed by atoms with Crippen molar-refractivity contribution in [2.24, 2.45) is 5.92 Å². The maximum absolute atomic E-state index is 12.4. The highest BCUT2D eigenvalue weighted by atomic mass is 35.5. The molecule has 17 heavy (non-hydrogen) atoms. The summed E-state index contributed by atoms with van der Waals surface area (Å²) in [6.45, 7) is 3.37. The maximum Gasteiger partial charge on any atom is 0.243 e. The van der Waals surface area contributed by atoms with Crippen molar-refractivity contribution in [2.45, 2.75) is 30.5 Å². The number of rotatable bonds is 3. The molecular weight excluding hydrogens is 278 g/mol. The summed E-state index contributed by atoms with van der Waals surface area (Å²) in [6, 6.07) is 1.69. The van der Waals surface area contributed by atoms with E-state index >= 15 is 0 Å². The van der Waals surface area contributed by atoms with Gasteiger partial charge in [-0.05, 0) is 24.8 Å². The Morgan fingerprint density at radius 3 is 2.94 bits per heavy atom. The molecule has 0 spiro atoms. The average Bonchev–Trinajstić information content (AvgIpc) is 2.78. The second-order valence-electron chi connectivity index (χ2n) is 4.49. The molecule has 1 aromatic rings. The van der Waals surface area contributed by atoms with Gasteiger partial charge in [-0.15, -0.1) is 22.9 Å². The number of sulfonamides is 1. The summed E-state index contributed by atoms with van der Waals surface area (Å²) in [4.78, 5) is 1.29. The minimum Gasteiger partial charge on any atom is -0.207 e. The highest BCUT2D eigenvalue weighted by Gasteiger charge is 2.29. The zero-order chi connectivity index (χ0) is 12.5. The molecule has 1 aromatic heterocycles. The van der Waals surface area contributed by atoms with Gasteiger partial charge in [-0.1, -0.05) is 6.92 Å². The Morgan fingerprint density at radius 1 is 1.59 bits per heavy atom. The van der Waals surface area contributed by atoms with Gasteiger partial charge in [0.2, 0.25) is 10.0 Å².